The lowest BCUT2D eigenvalue weighted by molar-refractivity contribution is -0.149. The largest absolute Gasteiger partial charge is 0.481 e. The number of rotatable bonds is 40. The third-order valence-corrected chi connectivity index (χ3v) is 10.2. The number of carbonyl (C=O) groups excluding carboxylic acids is 8. The highest BCUT2D eigenvalue weighted by molar-refractivity contribution is 5.97. The number of aliphatic hydroxyl groups excluding tert-OH is 2. The molecule has 0 aromatic heterocycles. The molecule has 28 heteroatoms. The molecule has 28 nitrogen and oxygen atoms in total. The quantitative estimate of drug-likeness (QED) is 0.0118. The molecule has 7 amide bonds. The predicted molar refractivity (Wildman–Crippen MR) is 256 cm³/mol. The Labute approximate surface area is 407 Å². The average Bonchev–Trinajstić information content (AvgIpc) is 3.31. The summed E-state index contributed by atoms with van der Waals surface area (Å²) in [6.07, 6.45) is 8.24. The van der Waals surface area contributed by atoms with Crippen molar-refractivity contribution in [3.05, 3.63) is 0 Å². The van der Waals surface area contributed by atoms with Gasteiger partial charge in [0.1, 0.15) is 24.2 Å². The second kappa shape index (κ2) is 38.5. The number of nitrogens with one attached hydrogen (secondary N) is 7. The standard InChI is InChI=1S/C42H79N15O13/c1-2-3-4-5-6-7-8-11-20-70-40(69)31(25-59)57-38(67)29(21-34(62)63)53-32(60)23-52-36(65)27(16-13-19-50-42(47)48)55-37(66)28(15-9-10-17-43)56-39(68)30(24-58)54-33(61)22-51-35(64)26(44)14-12-18-49-41(45)46/h26-31,58-59H,2-25,43-44H2,1H3,(H,51,64)(H,52,65)(H,53,60)(H,54,61)(H,55,66)(H,56,68)(H,57,67)(H,62,63)(H4,45,46,49)(H4,47,48,50)/t26-,27-,28-,29-,30-,31-/m0/s1. The summed E-state index contributed by atoms with van der Waals surface area (Å²) in [5, 5.41) is 45.4. The number of hydrogen-bond donors (Lipinski definition) is 16. The fraction of sp³-hybridized carbons (Fsp3) is 0.738. The van der Waals surface area contributed by atoms with Crippen molar-refractivity contribution in [2.75, 3.05) is 52.5 Å². The molecule has 0 aromatic rings. The number of aliphatic imine (C=N–C) groups is 2. The molecule has 0 unspecified atom stereocenters. The molecule has 70 heavy (non-hydrogen) atoms. The van der Waals surface area contributed by atoms with E-state index < -0.39 is 122 Å². The van der Waals surface area contributed by atoms with E-state index in [9.17, 15) is 58.5 Å². The molecule has 0 rings (SSSR count). The zero-order valence-electron chi connectivity index (χ0n) is 40.2. The van der Waals surface area contributed by atoms with Crippen molar-refractivity contribution in [2.24, 2.45) is 44.4 Å². The van der Waals surface area contributed by atoms with Gasteiger partial charge in [0.15, 0.2) is 18.0 Å². The van der Waals surface area contributed by atoms with Crippen LogP contribution in [0.15, 0.2) is 9.98 Å². The van der Waals surface area contributed by atoms with Crippen LogP contribution in [0.4, 0.5) is 0 Å². The third-order valence-electron chi connectivity index (χ3n) is 10.2. The number of nitrogens with two attached hydrogens (primary N) is 6. The number of aliphatic hydroxyl groups is 2. The smallest absolute Gasteiger partial charge is 0.331 e. The topological polar surface area (TPSA) is 489 Å². The van der Waals surface area contributed by atoms with Crippen molar-refractivity contribution in [2.45, 2.75) is 146 Å². The van der Waals surface area contributed by atoms with Gasteiger partial charge in [0.25, 0.3) is 0 Å². The van der Waals surface area contributed by atoms with Gasteiger partial charge in [-0.05, 0) is 57.9 Å². The van der Waals surface area contributed by atoms with Gasteiger partial charge in [0.2, 0.25) is 41.4 Å². The monoisotopic (exact) mass is 1000 g/mol. The van der Waals surface area contributed by atoms with Gasteiger partial charge >= 0.3 is 11.9 Å². The Morgan fingerprint density at radius 3 is 1.51 bits per heavy atom. The van der Waals surface area contributed by atoms with Crippen LogP contribution >= 0.6 is 0 Å². The summed E-state index contributed by atoms with van der Waals surface area (Å²) in [4.78, 5) is 124. The van der Waals surface area contributed by atoms with Crippen LogP contribution in [-0.2, 0) is 47.9 Å². The van der Waals surface area contributed by atoms with Crippen LogP contribution in [0.2, 0.25) is 0 Å². The minimum Gasteiger partial charge on any atom is -0.481 e. The summed E-state index contributed by atoms with van der Waals surface area (Å²) in [5.74, 6) is -9.43. The number of carboxylic acid groups (broad SMARTS) is 1. The van der Waals surface area contributed by atoms with E-state index in [2.05, 4.69) is 54.1 Å². The van der Waals surface area contributed by atoms with Crippen molar-refractivity contribution in [3.8, 4) is 0 Å². The Morgan fingerprint density at radius 1 is 0.529 bits per heavy atom. The first-order valence-electron chi connectivity index (χ1n) is 23.5. The van der Waals surface area contributed by atoms with Gasteiger partial charge in [0, 0.05) is 13.1 Å². The molecule has 22 N–H and O–H groups in total. The summed E-state index contributed by atoms with van der Waals surface area (Å²) in [7, 11) is 0. The maximum Gasteiger partial charge on any atom is 0.331 e. The van der Waals surface area contributed by atoms with Crippen LogP contribution in [0.5, 0.6) is 0 Å². The highest BCUT2D eigenvalue weighted by atomic mass is 16.5. The molecule has 0 aliphatic rings. The zero-order valence-corrected chi connectivity index (χ0v) is 40.2. The molecule has 0 radical (unpaired) electrons. The van der Waals surface area contributed by atoms with E-state index in [1.54, 1.807) is 0 Å². The second-order valence-corrected chi connectivity index (χ2v) is 16.3. The molecule has 0 aliphatic carbocycles. The number of nitrogens with zero attached hydrogens (tertiary/aromatic N) is 2. The summed E-state index contributed by atoms with van der Waals surface area (Å²) < 4.78 is 5.18. The molecule has 0 saturated heterocycles. The number of ether oxygens (including phenoxy) is 1. The minimum atomic E-state index is -1.77. The van der Waals surface area contributed by atoms with Gasteiger partial charge in [-0.3, -0.25) is 48.3 Å². The van der Waals surface area contributed by atoms with E-state index >= 15 is 0 Å². The van der Waals surface area contributed by atoms with Crippen LogP contribution in [0, 0.1) is 0 Å². The first kappa shape index (κ1) is 63.6. The predicted octanol–water partition coefficient (Wildman–Crippen LogP) is -5.65. The molecule has 6 atom stereocenters. The zero-order chi connectivity index (χ0) is 52.9. The maximum atomic E-state index is 13.7. The Kier molecular flexibility index (Phi) is 34.9. The molecule has 0 aromatic carbocycles. The molecule has 0 heterocycles. The summed E-state index contributed by atoms with van der Waals surface area (Å²) in [6, 6.07) is -8.71. The molecular weight excluding hydrogens is 923 g/mol. The molecule has 0 aliphatic heterocycles. The van der Waals surface area contributed by atoms with Gasteiger partial charge in [-0.15, -0.1) is 0 Å². The van der Waals surface area contributed by atoms with Crippen LogP contribution in [0.3, 0.4) is 0 Å². The molecule has 0 bridgehead atoms. The van der Waals surface area contributed by atoms with Gasteiger partial charge in [-0.1, -0.05) is 51.9 Å². The Hall–Kier alpha value is -6.39. The van der Waals surface area contributed by atoms with Crippen molar-refractivity contribution in [1.29, 1.82) is 0 Å². The average molecular weight is 1000 g/mol. The fourth-order valence-electron chi connectivity index (χ4n) is 6.35. The van der Waals surface area contributed by atoms with Crippen molar-refractivity contribution in [3.63, 3.8) is 0 Å². The molecule has 0 fully saturated rings. The number of guanidine groups is 2. The van der Waals surface area contributed by atoms with Crippen LogP contribution < -0.4 is 71.6 Å². The molecular formula is C42H79N15O13. The van der Waals surface area contributed by atoms with E-state index in [0.29, 0.717) is 25.7 Å². The minimum absolute atomic E-state index is 0.0103. The number of hydrogen-bond acceptors (Lipinski definition) is 16. The van der Waals surface area contributed by atoms with Crippen molar-refractivity contribution in [1.82, 2.24) is 37.2 Å². The SMILES string of the molecule is CCCCCCCCCCOC(=O)[C@H](CO)NC(=O)[C@H](CC(=O)O)NC(=O)CNC(=O)[C@H](CCCN=C(N)N)NC(=O)[C@H](CCCCN)NC(=O)[C@H](CO)NC(=O)CNC(=O)[C@@H](N)CCCN=C(N)N. The molecule has 0 spiro atoms. The highest BCUT2D eigenvalue weighted by Crippen LogP contribution is 2.09. The van der Waals surface area contributed by atoms with Crippen LogP contribution in [0.25, 0.3) is 0 Å². The van der Waals surface area contributed by atoms with E-state index in [0.717, 1.165) is 38.5 Å². The van der Waals surface area contributed by atoms with Gasteiger partial charge in [-0.25, -0.2) is 4.79 Å². The van der Waals surface area contributed by atoms with E-state index in [-0.39, 0.29) is 63.8 Å². The van der Waals surface area contributed by atoms with Gasteiger partial charge in [-0.2, -0.15) is 0 Å². The van der Waals surface area contributed by atoms with Crippen LogP contribution in [-0.4, -0.2) is 169 Å². The Bertz CT molecular complexity index is 1700. The first-order chi connectivity index (χ1) is 33.3. The van der Waals surface area contributed by atoms with Gasteiger partial charge in [0.05, 0.1) is 45.4 Å². The van der Waals surface area contributed by atoms with Gasteiger partial charge < -0.3 is 91.7 Å². The Balaban J connectivity index is 5.77. The number of amides is 7. The van der Waals surface area contributed by atoms with Crippen molar-refractivity contribution < 1.29 is 63.2 Å². The summed E-state index contributed by atoms with van der Waals surface area (Å²) >= 11 is 0. The lowest BCUT2D eigenvalue weighted by atomic mass is 10.1. The second-order valence-electron chi connectivity index (χ2n) is 16.3. The lowest BCUT2D eigenvalue weighted by Gasteiger charge is -2.25. The first-order valence-corrected chi connectivity index (χ1v) is 23.5. The van der Waals surface area contributed by atoms with E-state index in [1.807, 2.05) is 0 Å². The molecule has 400 valence electrons. The number of aliphatic carboxylic acids is 1. The number of carboxylic acids is 1. The number of carbonyl (C=O) groups is 9. The fourth-order valence-corrected chi connectivity index (χ4v) is 6.35. The summed E-state index contributed by atoms with van der Waals surface area (Å²) in [5.41, 5.74) is 32.8. The van der Waals surface area contributed by atoms with E-state index in [1.165, 1.54) is 6.42 Å². The van der Waals surface area contributed by atoms with Crippen LogP contribution in [0.1, 0.15) is 110 Å². The molecule has 0 saturated carbocycles. The van der Waals surface area contributed by atoms with E-state index in [4.69, 9.17) is 39.1 Å². The Morgan fingerprint density at radius 2 is 0.986 bits per heavy atom. The number of unbranched alkanes of at least 4 members (excludes halogenated alkanes) is 8. The third kappa shape index (κ3) is 30.9. The number of esters is 1. The maximum absolute atomic E-state index is 13.7. The lowest BCUT2D eigenvalue weighted by Crippen LogP contribution is -2.58. The highest BCUT2D eigenvalue weighted by Gasteiger charge is 2.32. The van der Waals surface area contributed by atoms with Crippen molar-refractivity contribution >= 4 is 65.2 Å². The summed E-state index contributed by atoms with van der Waals surface area (Å²) in [6.45, 7) is -0.644. The normalized spacial score (nSPS) is 13.3.